The minimum absolute atomic E-state index is 0.00585. The van der Waals surface area contributed by atoms with Gasteiger partial charge in [-0.15, -0.1) is 11.6 Å². The Hall–Kier alpha value is -0.480. The van der Waals surface area contributed by atoms with Gasteiger partial charge in [0, 0.05) is 5.56 Å². The first-order valence-corrected chi connectivity index (χ1v) is 4.88. The number of hydrogen-bond donors (Lipinski definition) is 3. The van der Waals surface area contributed by atoms with Gasteiger partial charge in [0.15, 0.2) is 0 Å². The molecule has 14 heavy (non-hydrogen) atoms. The summed E-state index contributed by atoms with van der Waals surface area (Å²) in [7, 11) is 0. The molecule has 0 amide bonds. The van der Waals surface area contributed by atoms with Gasteiger partial charge in [0.25, 0.3) is 0 Å². The molecule has 0 aliphatic rings. The van der Waals surface area contributed by atoms with Gasteiger partial charge >= 0.3 is 0 Å². The average Bonchev–Trinajstić information content (AvgIpc) is 2.15. The Morgan fingerprint density at radius 1 is 1.29 bits per heavy atom. The third-order valence-corrected chi connectivity index (χ3v) is 2.47. The molecule has 0 aliphatic carbocycles. The lowest BCUT2D eigenvalue weighted by molar-refractivity contribution is 0.0327. The topological polar surface area (TPSA) is 60.7 Å². The molecule has 0 aliphatic heterocycles. The SMILES string of the molecule is Oc1ccc(C(O)C(O)CCl)c(Cl)c1. The van der Waals surface area contributed by atoms with E-state index < -0.39 is 12.2 Å². The maximum Gasteiger partial charge on any atom is 0.117 e. The van der Waals surface area contributed by atoms with Crippen molar-refractivity contribution in [3.8, 4) is 5.75 Å². The highest BCUT2D eigenvalue weighted by atomic mass is 35.5. The Bertz CT molecular complexity index is 317. The molecule has 1 aromatic rings. The summed E-state index contributed by atoms with van der Waals surface area (Å²) in [6.45, 7) is 0. The number of halogens is 2. The second-order valence-electron chi connectivity index (χ2n) is 2.87. The summed E-state index contributed by atoms with van der Waals surface area (Å²) in [5.74, 6) is -0.0791. The van der Waals surface area contributed by atoms with Crippen molar-refractivity contribution in [3.63, 3.8) is 0 Å². The summed E-state index contributed by atoms with van der Waals surface area (Å²) < 4.78 is 0. The van der Waals surface area contributed by atoms with Crippen LogP contribution in [0.5, 0.6) is 5.75 Å². The Morgan fingerprint density at radius 3 is 2.43 bits per heavy atom. The lowest BCUT2D eigenvalue weighted by atomic mass is 10.1. The van der Waals surface area contributed by atoms with Gasteiger partial charge in [0.1, 0.15) is 11.9 Å². The number of rotatable bonds is 3. The van der Waals surface area contributed by atoms with Crippen LogP contribution in [0.15, 0.2) is 18.2 Å². The monoisotopic (exact) mass is 236 g/mol. The van der Waals surface area contributed by atoms with Crippen molar-refractivity contribution in [2.24, 2.45) is 0 Å². The van der Waals surface area contributed by atoms with Gasteiger partial charge in [0.2, 0.25) is 0 Å². The van der Waals surface area contributed by atoms with E-state index in [-0.39, 0.29) is 16.7 Å². The zero-order chi connectivity index (χ0) is 10.7. The molecule has 2 unspecified atom stereocenters. The minimum Gasteiger partial charge on any atom is -0.508 e. The number of benzene rings is 1. The molecule has 0 saturated carbocycles. The van der Waals surface area contributed by atoms with E-state index in [0.29, 0.717) is 5.56 Å². The summed E-state index contributed by atoms with van der Waals surface area (Å²) in [4.78, 5) is 0. The molecule has 0 radical (unpaired) electrons. The zero-order valence-electron chi connectivity index (χ0n) is 7.19. The fourth-order valence-electron chi connectivity index (χ4n) is 1.05. The second-order valence-corrected chi connectivity index (χ2v) is 3.59. The molecule has 78 valence electrons. The quantitative estimate of drug-likeness (QED) is 0.701. The molecule has 0 spiro atoms. The van der Waals surface area contributed by atoms with E-state index in [2.05, 4.69) is 0 Å². The van der Waals surface area contributed by atoms with Crippen molar-refractivity contribution in [3.05, 3.63) is 28.8 Å². The van der Waals surface area contributed by atoms with Gasteiger partial charge in [0.05, 0.1) is 17.0 Å². The van der Waals surface area contributed by atoms with Gasteiger partial charge < -0.3 is 15.3 Å². The molecule has 1 aromatic carbocycles. The van der Waals surface area contributed by atoms with E-state index in [4.69, 9.17) is 28.3 Å². The first kappa shape index (κ1) is 11.6. The van der Waals surface area contributed by atoms with E-state index in [1.165, 1.54) is 18.2 Å². The third-order valence-electron chi connectivity index (χ3n) is 1.83. The Morgan fingerprint density at radius 2 is 1.93 bits per heavy atom. The maximum absolute atomic E-state index is 9.56. The highest BCUT2D eigenvalue weighted by Gasteiger charge is 2.19. The van der Waals surface area contributed by atoms with Crippen LogP contribution < -0.4 is 0 Å². The number of alkyl halides is 1. The summed E-state index contributed by atoms with van der Waals surface area (Å²) in [6, 6.07) is 4.12. The van der Waals surface area contributed by atoms with Crippen molar-refractivity contribution in [2.75, 3.05) is 5.88 Å². The molecule has 2 atom stereocenters. The molecule has 5 heteroatoms. The maximum atomic E-state index is 9.56. The molecule has 0 aromatic heterocycles. The van der Waals surface area contributed by atoms with Crippen LogP contribution in [0.4, 0.5) is 0 Å². The van der Waals surface area contributed by atoms with Crippen LogP contribution in [0.1, 0.15) is 11.7 Å². The first-order valence-electron chi connectivity index (χ1n) is 3.96. The number of phenolic OH excluding ortho intramolecular Hbond substituents is 1. The molecular formula is C9H10Cl2O3. The largest absolute Gasteiger partial charge is 0.508 e. The van der Waals surface area contributed by atoms with E-state index in [1.807, 2.05) is 0 Å². The number of phenols is 1. The van der Waals surface area contributed by atoms with Crippen molar-refractivity contribution >= 4 is 23.2 Å². The lowest BCUT2D eigenvalue weighted by Gasteiger charge is -2.16. The average molecular weight is 237 g/mol. The van der Waals surface area contributed by atoms with E-state index in [0.717, 1.165) is 0 Å². The van der Waals surface area contributed by atoms with E-state index >= 15 is 0 Å². The third kappa shape index (κ3) is 2.51. The number of aliphatic hydroxyl groups excluding tert-OH is 2. The molecule has 0 saturated heterocycles. The molecule has 0 fully saturated rings. The smallest absolute Gasteiger partial charge is 0.117 e. The molecule has 3 N–H and O–H groups in total. The van der Waals surface area contributed by atoms with Gasteiger partial charge in [-0.05, 0) is 12.1 Å². The second kappa shape index (κ2) is 4.84. The Balaban J connectivity index is 2.95. The Labute approximate surface area is 91.5 Å². The van der Waals surface area contributed by atoms with Gasteiger partial charge in [-0.2, -0.15) is 0 Å². The van der Waals surface area contributed by atoms with Gasteiger partial charge in [-0.1, -0.05) is 17.7 Å². The normalized spacial score (nSPS) is 15.1. The number of aliphatic hydroxyl groups is 2. The van der Waals surface area contributed by atoms with Crippen LogP contribution >= 0.6 is 23.2 Å². The summed E-state index contributed by atoms with van der Waals surface area (Å²) in [5, 5.41) is 28.1. The van der Waals surface area contributed by atoms with Crippen LogP contribution in [0.2, 0.25) is 5.02 Å². The fourth-order valence-corrected chi connectivity index (χ4v) is 1.50. The van der Waals surface area contributed by atoms with Crippen LogP contribution in [-0.2, 0) is 0 Å². The van der Waals surface area contributed by atoms with Crippen LogP contribution in [0.25, 0.3) is 0 Å². The fraction of sp³-hybridized carbons (Fsp3) is 0.333. The standard InChI is InChI=1S/C9H10Cl2O3/c10-4-8(13)9(14)6-2-1-5(12)3-7(6)11/h1-3,8-9,12-14H,4H2. The highest BCUT2D eigenvalue weighted by Crippen LogP contribution is 2.28. The first-order chi connectivity index (χ1) is 6.56. The van der Waals surface area contributed by atoms with Crippen molar-refractivity contribution in [2.45, 2.75) is 12.2 Å². The van der Waals surface area contributed by atoms with Gasteiger partial charge in [-0.3, -0.25) is 0 Å². The summed E-state index contributed by atoms with van der Waals surface area (Å²) in [6.07, 6.45) is -2.21. The van der Waals surface area contributed by atoms with E-state index in [9.17, 15) is 10.2 Å². The zero-order valence-corrected chi connectivity index (χ0v) is 8.70. The molecular weight excluding hydrogens is 227 g/mol. The molecule has 0 heterocycles. The van der Waals surface area contributed by atoms with Crippen LogP contribution in [0, 0.1) is 0 Å². The molecule has 1 rings (SSSR count). The summed E-state index contributed by atoms with van der Waals surface area (Å²) in [5.41, 5.74) is 0.345. The predicted molar refractivity (Wildman–Crippen MR) is 54.8 cm³/mol. The van der Waals surface area contributed by atoms with Gasteiger partial charge in [-0.25, -0.2) is 0 Å². The predicted octanol–water partition coefficient (Wildman–Crippen LogP) is 1.68. The summed E-state index contributed by atoms with van der Waals surface area (Å²) >= 11 is 11.1. The van der Waals surface area contributed by atoms with E-state index in [1.54, 1.807) is 0 Å². The number of hydrogen-bond acceptors (Lipinski definition) is 3. The number of aromatic hydroxyl groups is 1. The Kier molecular flexibility index (Phi) is 4.01. The lowest BCUT2D eigenvalue weighted by Crippen LogP contribution is -2.19. The molecule has 0 bridgehead atoms. The van der Waals surface area contributed by atoms with Crippen molar-refractivity contribution in [1.82, 2.24) is 0 Å². The molecule has 3 nitrogen and oxygen atoms in total. The van der Waals surface area contributed by atoms with Crippen molar-refractivity contribution in [1.29, 1.82) is 0 Å². The minimum atomic E-state index is -1.14. The van der Waals surface area contributed by atoms with Crippen molar-refractivity contribution < 1.29 is 15.3 Å². The van der Waals surface area contributed by atoms with Crippen LogP contribution in [0.3, 0.4) is 0 Å². The highest BCUT2D eigenvalue weighted by molar-refractivity contribution is 6.31. The van der Waals surface area contributed by atoms with Crippen LogP contribution in [-0.4, -0.2) is 27.3 Å².